The van der Waals surface area contributed by atoms with Crippen molar-refractivity contribution in [3.63, 3.8) is 0 Å². The zero-order chi connectivity index (χ0) is 20.1. The Morgan fingerprint density at radius 3 is 2.71 bits per heavy atom. The van der Waals surface area contributed by atoms with Gasteiger partial charge in [0.1, 0.15) is 11.5 Å². The molecular formula is C19H20F2N4O3. The van der Waals surface area contributed by atoms with Gasteiger partial charge < -0.3 is 14.8 Å². The molecule has 0 aliphatic rings. The minimum Gasteiger partial charge on any atom is -0.493 e. The molecule has 0 unspecified atom stereocenters. The van der Waals surface area contributed by atoms with Crippen LogP contribution in [0.25, 0.3) is 10.9 Å². The molecule has 1 aromatic heterocycles. The number of aromatic nitrogens is 2. The van der Waals surface area contributed by atoms with Crippen molar-refractivity contribution in [2.75, 3.05) is 17.2 Å². The van der Waals surface area contributed by atoms with Crippen LogP contribution in [0, 0.1) is 5.92 Å². The minimum absolute atomic E-state index is 0.115. The quantitative estimate of drug-likeness (QED) is 0.538. The van der Waals surface area contributed by atoms with Crippen molar-refractivity contribution < 1.29 is 23.0 Å². The second-order valence-electron chi connectivity index (χ2n) is 6.44. The maximum atomic E-state index is 12.5. The minimum atomic E-state index is -2.99. The molecule has 0 aliphatic heterocycles. The van der Waals surface area contributed by atoms with Crippen molar-refractivity contribution in [3.05, 3.63) is 42.5 Å². The van der Waals surface area contributed by atoms with Crippen LogP contribution in [-0.4, -0.2) is 29.4 Å². The van der Waals surface area contributed by atoms with Gasteiger partial charge in [-0.15, -0.1) is 0 Å². The first-order valence-electron chi connectivity index (χ1n) is 8.65. The number of anilines is 2. The van der Waals surface area contributed by atoms with E-state index in [0.29, 0.717) is 35.0 Å². The van der Waals surface area contributed by atoms with Gasteiger partial charge in [0.15, 0.2) is 5.82 Å². The van der Waals surface area contributed by atoms with Crippen LogP contribution in [0.5, 0.6) is 11.5 Å². The number of aromatic amines is 1. The molecule has 28 heavy (non-hydrogen) atoms. The highest BCUT2D eigenvalue weighted by Gasteiger charge is 2.14. The van der Waals surface area contributed by atoms with Crippen molar-refractivity contribution >= 4 is 28.4 Å². The SMILES string of the molecule is CC(C)COc1ccc2c(NC(=O)Nc3ccccc3OC(F)F)n[nH]c2c1. The maximum absolute atomic E-state index is 12.5. The second kappa shape index (κ2) is 8.55. The van der Waals surface area contributed by atoms with Gasteiger partial charge in [-0.05, 0) is 30.2 Å². The summed E-state index contributed by atoms with van der Waals surface area (Å²) in [5.74, 6) is 1.26. The number of benzene rings is 2. The Balaban J connectivity index is 1.70. The Kier molecular flexibility index (Phi) is 5.93. The number of ether oxygens (including phenoxy) is 2. The number of carbonyl (C=O) groups excluding carboxylic acids is 1. The van der Waals surface area contributed by atoms with Crippen LogP contribution >= 0.6 is 0 Å². The van der Waals surface area contributed by atoms with Gasteiger partial charge in [-0.3, -0.25) is 10.4 Å². The summed E-state index contributed by atoms with van der Waals surface area (Å²) in [6.45, 7) is 1.71. The summed E-state index contributed by atoms with van der Waals surface area (Å²) >= 11 is 0. The molecule has 0 saturated carbocycles. The number of urea groups is 1. The van der Waals surface area contributed by atoms with E-state index in [1.54, 1.807) is 24.3 Å². The van der Waals surface area contributed by atoms with E-state index in [1.807, 2.05) is 0 Å². The van der Waals surface area contributed by atoms with Gasteiger partial charge >= 0.3 is 12.6 Å². The predicted octanol–water partition coefficient (Wildman–Crippen LogP) is 4.84. The third-order valence-electron chi connectivity index (χ3n) is 3.70. The van der Waals surface area contributed by atoms with Crippen molar-refractivity contribution in [1.82, 2.24) is 10.2 Å². The van der Waals surface area contributed by atoms with Crippen LogP contribution in [0.1, 0.15) is 13.8 Å². The van der Waals surface area contributed by atoms with Crippen LogP contribution in [0.4, 0.5) is 25.1 Å². The van der Waals surface area contributed by atoms with E-state index in [1.165, 1.54) is 18.2 Å². The molecule has 0 atom stereocenters. The number of halogens is 2. The molecule has 7 nitrogen and oxygen atoms in total. The molecule has 1 heterocycles. The molecule has 3 aromatic rings. The van der Waals surface area contributed by atoms with Gasteiger partial charge in [0.25, 0.3) is 0 Å². The monoisotopic (exact) mass is 390 g/mol. The largest absolute Gasteiger partial charge is 0.493 e. The molecule has 3 rings (SSSR count). The first-order valence-corrected chi connectivity index (χ1v) is 8.65. The molecule has 0 aliphatic carbocycles. The summed E-state index contributed by atoms with van der Waals surface area (Å²) in [5.41, 5.74) is 0.808. The molecule has 0 bridgehead atoms. The summed E-state index contributed by atoms with van der Waals surface area (Å²) in [7, 11) is 0. The fourth-order valence-corrected chi connectivity index (χ4v) is 2.48. The summed E-state index contributed by atoms with van der Waals surface area (Å²) < 4.78 is 35.0. The molecule has 3 N–H and O–H groups in total. The average Bonchev–Trinajstić information content (AvgIpc) is 3.03. The Labute approximate surface area is 160 Å². The fraction of sp³-hybridized carbons (Fsp3) is 0.263. The van der Waals surface area contributed by atoms with Crippen LogP contribution < -0.4 is 20.1 Å². The molecular weight excluding hydrogens is 370 g/mol. The van der Waals surface area contributed by atoms with Gasteiger partial charge in [0.05, 0.1) is 17.8 Å². The van der Waals surface area contributed by atoms with Crippen molar-refractivity contribution in [1.29, 1.82) is 0 Å². The normalized spacial score (nSPS) is 11.1. The van der Waals surface area contributed by atoms with Crippen molar-refractivity contribution in [2.24, 2.45) is 5.92 Å². The molecule has 9 heteroatoms. The number of fused-ring (bicyclic) bond motifs is 1. The van der Waals surface area contributed by atoms with E-state index < -0.39 is 12.6 Å². The van der Waals surface area contributed by atoms with E-state index in [2.05, 4.69) is 39.4 Å². The lowest BCUT2D eigenvalue weighted by atomic mass is 10.2. The average molecular weight is 390 g/mol. The Hall–Kier alpha value is -3.36. The summed E-state index contributed by atoms with van der Waals surface area (Å²) in [4.78, 5) is 12.3. The number of para-hydroxylation sites is 2. The molecule has 0 spiro atoms. The smallest absolute Gasteiger partial charge is 0.387 e. The summed E-state index contributed by atoms with van der Waals surface area (Å²) in [6.07, 6.45) is 0. The number of hydrogen-bond donors (Lipinski definition) is 3. The number of amides is 2. The summed E-state index contributed by atoms with van der Waals surface area (Å²) in [5, 5.41) is 12.7. The van der Waals surface area contributed by atoms with Gasteiger partial charge in [-0.25, -0.2) is 4.79 Å². The number of rotatable bonds is 7. The van der Waals surface area contributed by atoms with E-state index in [4.69, 9.17) is 4.74 Å². The Bertz CT molecular complexity index is 959. The van der Waals surface area contributed by atoms with Gasteiger partial charge in [0.2, 0.25) is 0 Å². The van der Waals surface area contributed by atoms with Crippen LogP contribution in [0.15, 0.2) is 42.5 Å². The molecule has 0 fully saturated rings. The number of H-pyrrole nitrogens is 1. The third kappa shape index (κ3) is 4.87. The van der Waals surface area contributed by atoms with E-state index in [9.17, 15) is 13.6 Å². The lowest BCUT2D eigenvalue weighted by Gasteiger charge is -2.11. The number of carbonyl (C=O) groups is 1. The van der Waals surface area contributed by atoms with E-state index in [-0.39, 0.29) is 11.4 Å². The molecule has 2 amide bonds. The Morgan fingerprint density at radius 1 is 1.18 bits per heavy atom. The maximum Gasteiger partial charge on any atom is 0.387 e. The molecule has 2 aromatic carbocycles. The van der Waals surface area contributed by atoms with Crippen molar-refractivity contribution in [3.8, 4) is 11.5 Å². The number of nitrogens with zero attached hydrogens (tertiary/aromatic N) is 1. The lowest BCUT2D eigenvalue weighted by Crippen LogP contribution is -2.20. The van der Waals surface area contributed by atoms with Crippen LogP contribution in [-0.2, 0) is 0 Å². The van der Waals surface area contributed by atoms with Crippen molar-refractivity contribution in [2.45, 2.75) is 20.5 Å². The van der Waals surface area contributed by atoms with Crippen LogP contribution in [0.2, 0.25) is 0 Å². The predicted molar refractivity (Wildman–Crippen MR) is 102 cm³/mol. The lowest BCUT2D eigenvalue weighted by molar-refractivity contribution is -0.0493. The molecule has 148 valence electrons. The van der Waals surface area contributed by atoms with Gasteiger partial charge in [-0.2, -0.15) is 13.9 Å². The number of alkyl halides is 2. The fourth-order valence-electron chi connectivity index (χ4n) is 2.48. The highest BCUT2D eigenvalue weighted by Crippen LogP contribution is 2.27. The van der Waals surface area contributed by atoms with Gasteiger partial charge in [-0.1, -0.05) is 26.0 Å². The molecule has 0 saturated heterocycles. The standard InChI is InChI=1S/C19H20F2N4O3/c1-11(2)10-27-12-7-8-13-15(9-12)24-25-17(13)23-19(26)22-14-5-3-4-6-16(14)28-18(20)21/h3-9,11,18H,10H2,1-2H3,(H3,22,23,24,25,26). The topological polar surface area (TPSA) is 88.3 Å². The number of hydrogen-bond acceptors (Lipinski definition) is 4. The van der Waals surface area contributed by atoms with Crippen LogP contribution in [0.3, 0.4) is 0 Å². The first kappa shape index (κ1) is 19.4. The zero-order valence-electron chi connectivity index (χ0n) is 15.3. The molecule has 0 radical (unpaired) electrons. The Morgan fingerprint density at radius 2 is 1.96 bits per heavy atom. The number of nitrogens with one attached hydrogen (secondary N) is 3. The first-order chi connectivity index (χ1) is 13.4. The van der Waals surface area contributed by atoms with Gasteiger partial charge in [0, 0.05) is 11.5 Å². The second-order valence-corrected chi connectivity index (χ2v) is 6.44. The third-order valence-corrected chi connectivity index (χ3v) is 3.70. The summed E-state index contributed by atoms with van der Waals surface area (Å²) in [6, 6.07) is 10.6. The van der Waals surface area contributed by atoms with E-state index >= 15 is 0 Å². The highest BCUT2D eigenvalue weighted by molar-refractivity contribution is 6.05. The van der Waals surface area contributed by atoms with E-state index in [0.717, 1.165) is 0 Å². The highest BCUT2D eigenvalue weighted by atomic mass is 19.3. The zero-order valence-corrected chi connectivity index (χ0v) is 15.3.